The molecular formula is C17H13ClN6. The van der Waals surface area contributed by atoms with Gasteiger partial charge in [0, 0.05) is 22.7 Å². The van der Waals surface area contributed by atoms with Crippen molar-refractivity contribution in [2.24, 2.45) is 16.2 Å². The van der Waals surface area contributed by atoms with Gasteiger partial charge in [-0.25, -0.2) is 4.98 Å². The van der Waals surface area contributed by atoms with E-state index >= 15 is 0 Å². The van der Waals surface area contributed by atoms with Gasteiger partial charge < -0.3 is 11.2 Å². The lowest BCUT2D eigenvalue weighted by Gasteiger charge is -2.11. The Kier molecular flexibility index (Phi) is 3.59. The number of benzene rings is 2. The number of rotatable bonds is 3. The van der Waals surface area contributed by atoms with Crippen LogP contribution in [-0.4, -0.2) is 9.97 Å². The predicted molar refractivity (Wildman–Crippen MR) is 93.7 cm³/mol. The van der Waals surface area contributed by atoms with Crippen molar-refractivity contribution in [1.29, 1.82) is 0 Å². The normalized spacial score (nSPS) is 12.2. The molecule has 6 nitrogen and oxygen atoms in total. The average Bonchev–Trinajstić information content (AvgIpc) is 2.96. The van der Waals surface area contributed by atoms with E-state index in [1.807, 2.05) is 36.4 Å². The van der Waals surface area contributed by atoms with Gasteiger partial charge in [-0.2, -0.15) is 4.98 Å². The molecule has 0 unspecified atom stereocenters. The number of halogens is 1. The summed E-state index contributed by atoms with van der Waals surface area (Å²) in [5.41, 5.74) is 5.10. The van der Waals surface area contributed by atoms with E-state index in [0.29, 0.717) is 10.8 Å². The summed E-state index contributed by atoms with van der Waals surface area (Å²) in [6.45, 7) is 0. The molecule has 1 aliphatic rings. The Morgan fingerprint density at radius 1 is 1.04 bits per heavy atom. The maximum absolute atomic E-state index is 5.95. The molecule has 4 rings (SSSR count). The number of hydrogen-bond donors (Lipinski definition) is 2. The molecule has 0 fully saturated rings. The van der Waals surface area contributed by atoms with Crippen LogP contribution in [0.5, 0.6) is 0 Å². The third-order valence-electron chi connectivity index (χ3n) is 3.87. The summed E-state index contributed by atoms with van der Waals surface area (Å²) in [6, 6.07) is 15.6. The minimum Gasteiger partial charge on any atom is -0.340 e. The SMILES string of the molecule is NN=Nc1nc2c(c(Nc3ccc(Cl)cc3)n1)-c1ccccc1C2. The molecule has 24 heavy (non-hydrogen) atoms. The summed E-state index contributed by atoms with van der Waals surface area (Å²) >= 11 is 5.95. The van der Waals surface area contributed by atoms with Crippen LogP contribution in [0.4, 0.5) is 17.5 Å². The summed E-state index contributed by atoms with van der Waals surface area (Å²) in [7, 11) is 0. The monoisotopic (exact) mass is 336 g/mol. The molecule has 3 aromatic rings. The van der Waals surface area contributed by atoms with E-state index < -0.39 is 0 Å². The molecule has 0 atom stereocenters. The summed E-state index contributed by atoms with van der Waals surface area (Å²) in [5.74, 6) is 6.06. The number of aromatic nitrogens is 2. The first-order valence-electron chi connectivity index (χ1n) is 7.37. The van der Waals surface area contributed by atoms with E-state index in [-0.39, 0.29) is 5.95 Å². The quantitative estimate of drug-likeness (QED) is 0.329. The molecule has 1 heterocycles. The molecule has 2 aromatic carbocycles. The van der Waals surface area contributed by atoms with Crippen LogP contribution in [0, 0.1) is 0 Å². The maximum Gasteiger partial charge on any atom is 0.272 e. The van der Waals surface area contributed by atoms with Gasteiger partial charge in [-0.15, -0.1) is 0 Å². The van der Waals surface area contributed by atoms with Crippen molar-refractivity contribution in [3.8, 4) is 11.1 Å². The van der Waals surface area contributed by atoms with Crippen molar-refractivity contribution in [3.05, 3.63) is 64.8 Å². The molecule has 0 bridgehead atoms. The zero-order valence-electron chi connectivity index (χ0n) is 12.6. The van der Waals surface area contributed by atoms with Crippen LogP contribution in [0.25, 0.3) is 11.1 Å². The van der Waals surface area contributed by atoms with Crippen LogP contribution < -0.4 is 11.2 Å². The van der Waals surface area contributed by atoms with E-state index in [9.17, 15) is 0 Å². The summed E-state index contributed by atoms with van der Waals surface area (Å²) in [6.07, 6.45) is 0.733. The standard InChI is InChI=1S/C17H13ClN6/c18-11-5-7-12(8-6-11)20-16-15-13-4-2-1-3-10(13)9-14(15)21-17(22-16)23-24-19/h1-8H,9H2,(H3,19,20,21,22,23). The van der Waals surface area contributed by atoms with Gasteiger partial charge in [0.1, 0.15) is 5.82 Å². The highest BCUT2D eigenvalue weighted by molar-refractivity contribution is 6.30. The van der Waals surface area contributed by atoms with E-state index in [0.717, 1.165) is 28.9 Å². The van der Waals surface area contributed by atoms with E-state index in [4.69, 9.17) is 17.4 Å². The van der Waals surface area contributed by atoms with Crippen LogP contribution in [0.1, 0.15) is 11.3 Å². The molecule has 0 spiro atoms. The molecule has 0 saturated heterocycles. The lowest BCUT2D eigenvalue weighted by molar-refractivity contribution is 0.971. The highest BCUT2D eigenvalue weighted by Crippen LogP contribution is 2.41. The van der Waals surface area contributed by atoms with E-state index in [2.05, 4.69) is 37.8 Å². The molecule has 7 heteroatoms. The number of nitrogens with one attached hydrogen (secondary N) is 1. The topological polar surface area (TPSA) is 88.5 Å². The zero-order valence-corrected chi connectivity index (χ0v) is 13.3. The first-order chi connectivity index (χ1) is 11.7. The van der Waals surface area contributed by atoms with Crippen LogP contribution in [0.3, 0.4) is 0 Å². The molecule has 0 radical (unpaired) electrons. The summed E-state index contributed by atoms with van der Waals surface area (Å²) in [5, 5.41) is 11.1. The second-order valence-electron chi connectivity index (χ2n) is 5.38. The molecule has 0 saturated carbocycles. The first kappa shape index (κ1) is 14.6. The summed E-state index contributed by atoms with van der Waals surface area (Å²) < 4.78 is 0. The maximum atomic E-state index is 5.95. The molecule has 1 aromatic heterocycles. The fourth-order valence-corrected chi connectivity index (χ4v) is 2.99. The van der Waals surface area contributed by atoms with Gasteiger partial charge >= 0.3 is 0 Å². The van der Waals surface area contributed by atoms with Crippen LogP contribution in [0.15, 0.2) is 58.9 Å². The van der Waals surface area contributed by atoms with Crippen molar-refractivity contribution in [1.82, 2.24) is 9.97 Å². The minimum absolute atomic E-state index is 0.237. The minimum atomic E-state index is 0.237. The van der Waals surface area contributed by atoms with Crippen LogP contribution in [-0.2, 0) is 6.42 Å². The average molecular weight is 337 g/mol. The molecule has 3 N–H and O–H groups in total. The lowest BCUT2D eigenvalue weighted by atomic mass is 10.1. The van der Waals surface area contributed by atoms with E-state index in [1.165, 1.54) is 5.56 Å². The van der Waals surface area contributed by atoms with Crippen molar-refractivity contribution in [2.75, 3.05) is 5.32 Å². The third-order valence-corrected chi connectivity index (χ3v) is 4.12. The lowest BCUT2D eigenvalue weighted by Crippen LogP contribution is -2.00. The number of anilines is 2. The van der Waals surface area contributed by atoms with Crippen molar-refractivity contribution in [2.45, 2.75) is 6.42 Å². The van der Waals surface area contributed by atoms with Gasteiger partial charge in [-0.3, -0.25) is 0 Å². The van der Waals surface area contributed by atoms with Crippen molar-refractivity contribution in [3.63, 3.8) is 0 Å². The van der Waals surface area contributed by atoms with E-state index in [1.54, 1.807) is 0 Å². The fourth-order valence-electron chi connectivity index (χ4n) is 2.86. The number of nitrogens with two attached hydrogens (primary N) is 1. The predicted octanol–water partition coefficient (Wildman–Crippen LogP) is 4.40. The first-order valence-corrected chi connectivity index (χ1v) is 7.75. The van der Waals surface area contributed by atoms with Gasteiger partial charge in [0.2, 0.25) is 0 Å². The Morgan fingerprint density at radius 2 is 1.83 bits per heavy atom. The van der Waals surface area contributed by atoms with Crippen LogP contribution >= 0.6 is 11.6 Å². The number of nitrogens with zero attached hydrogens (tertiary/aromatic N) is 4. The Labute approximate surface area is 143 Å². The highest BCUT2D eigenvalue weighted by Gasteiger charge is 2.25. The van der Waals surface area contributed by atoms with Crippen molar-refractivity contribution < 1.29 is 0 Å². The molecular weight excluding hydrogens is 324 g/mol. The largest absolute Gasteiger partial charge is 0.340 e. The van der Waals surface area contributed by atoms with Gasteiger partial charge in [0.15, 0.2) is 0 Å². The second-order valence-corrected chi connectivity index (χ2v) is 5.81. The van der Waals surface area contributed by atoms with Gasteiger partial charge in [0.05, 0.1) is 5.69 Å². The molecule has 118 valence electrons. The van der Waals surface area contributed by atoms with Gasteiger partial charge in [-0.05, 0) is 35.4 Å². The fraction of sp³-hybridized carbons (Fsp3) is 0.0588. The number of fused-ring (bicyclic) bond motifs is 3. The second kappa shape index (κ2) is 5.90. The Balaban J connectivity index is 1.84. The van der Waals surface area contributed by atoms with Gasteiger partial charge in [-0.1, -0.05) is 46.2 Å². The molecule has 0 amide bonds. The molecule has 1 aliphatic carbocycles. The number of hydrogen-bond acceptors (Lipinski definition) is 5. The smallest absolute Gasteiger partial charge is 0.272 e. The summed E-state index contributed by atoms with van der Waals surface area (Å²) in [4.78, 5) is 8.92. The Hall–Kier alpha value is -2.99. The highest BCUT2D eigenvalue weighted by atomic mass is 35.5. The zero-order chi connectivity index (χ0) is 16.5. The van der Waals surface area contributed by atoms with Crippen molar-refractivity contribution >= 4 is 29.1 Å². The Bertz CT molecular complexity index is 936. The molecule has 0 aliphatic heterocycles. The Morgan fingerprint density at radius 3 is 2.62 bits per heavy atom. The van der Waals surface area contributed by atoms with Gasteiger partial charge in [0.25, 0.3) is 5.95 Å². The van der Waals surface area contributed by atoms with Crippen LogP contribution in [0.2, 0.25) is 5.02 Å². The third kappa shape index (κ3) is 2.57.